The Morgan fingerprint density at radius 2 is 1.70 bits per heavy atom. The summed E-state index contributed by atoms with van der Waals surface area (Å²) in [6, 6.07) is 0.359. The van der Waals surface area contributed by atoms with Gasteiger partial charge in [-0.1, -0.05) is 0 Å². The molecule has 108 valence electrons. The Labute approximate surface area is 119 Å². The summed E-state index contributed by atoms with van der Waals surface area (Å²) < 4.78 is 11.7. The van der Waals surface area contributed by atoms with Crippen LogP contribution in [0.25, 0.3) is 0 Å². The smallest absolute Gasteiger partial charge is 0.164 e. The minimum atomic E-state index is 0.330. The quantitative estimate of drug-likeness (QED) is 0.826. The van der Waals surface area contributed by atoms with Crippen molar-refractivity contribution in [3.63, 3.8) is 0 Å². The molecule has 1 aromatic rings. The van der Waals surface area contributed by atoms with Gasteiger partial charge < -0.3 is 19.9 Å². The number of hydrogen-bond acceptors (Lipinski definition) is 4. The number of aromatic hydroxyl groups is 1. The standard InChI is InChI=1S/C16H21NO3/c18-14-11-5-3-8-19-15(11)13(12-6-1-7-17-12)10-4-2-9-20-16(10)14/h12,17-18H,1-9H2. The van der Waals surface area contributed by atoms with Crippen LogP contribution in [0, 0.1) is 0 Å². The number of hydrogen-bond donors (Lipinski definition) is 2. The van der Waals surface area contributed by atoms with Crippen molar-refractivity contribution in [1.29, 1.82) is 0 Å². The fraction of sp³-hybridized carbons (Fsp3) is 0.625. The summed E-state index contributed by atoms with van der Waals surface area (Å²) in [4.78, 5) is 0. The average Bonchev–Trinajstić information content (AvgIpc) is 3.02. The van der Waals surface area contributed by atoms with Gasteiger partial charge in [0.25, 0.3) is 0 Å². The van der Waals surface area contributed by atoms with Gasteiger partial charge in [0.05, 0.1) is 13.2 Å². The zero-order valence-corrected chi connectivity index (χ0v) is 11.7. The Balaban J connectivity index is 1.93. The van der Waals surface area contributed by atoms with E-state index >= 15 is 0 Å². The van der Waals surface area contributed by atoms with Crippen LogP contribution in [-0.4, -0.2) is 24.9 Å². The molecule has 1 aromatic carbocycles. The molecule has 3 heterocycles. The maximum absolute atomic E-state index is 10.5. The number of benzene rings is 1. The highest BCUT2D eigenvalue weighted by molar-refractivity contribution is 5.64. The SMILES string of the molecule is Oc1c2c(c(C3CCCN3)c3c1OCCC3)OCCC2. The third kappa shape index (κ3) is 1.78. The van der Waals surface area contributed by atoms with Gasteiger partial charge in [0.1, 0.15) is 5.75 Å². The van der Waals surface area contributed by atoms with Gasteiger partial charge in [-0.15, -0.1) is 0 Å². The third-order valence-corrected chi connectivity index (χ3v) is 4.66. The summed E-state index contributed by atoms with van der Waals surface area (Å²) in [5.41, 5.74) is 3.40. The van der Waals surface area contributed by atoms with Crippen LogP contribution in [-0.2, 0) is 12.8 Å². The van der Waals surface area contributed by atoms with E-state index in [2.05, 4.69) is 5.32 Å². The normalized spacial score (nSPS) is 24.5. The van der Waals surface area contributed by atoms with Gasteiger partial charge in [0.15, 0.2) is 11.5 Å². The molecule has 0 aliphatic carbocycles. The molecule has 1 fully saturated rings. The van der Waals surface area contributed by atoms with Crippen molar-refractivity contribution >= 4 is 0 Å². The Hall–Kier alpha value is -1.42. The summed E-state index contributed by atoms with van der Waals surface area (Å²) in [7, 11) is 0. The first-order valence-electron chi connectivity index (χ1n) is 7.76. The van der Waals surface area contributed by atoms with Gasteiger partial charge in [0, 0.05) is 22.7 Å². The van der Waals surface area contributed by atoms with Gasteiger partial charge in [-0.3, -0.25) is 0 Å². The molecule has 4 heteroatoms. The number of fused-ring (bicyclic) bond motifs is 2. The number of ether oxygens (including phenoxy) is 2. The lowest BCUT2D eigenvalue weighted by molar-refractivity contribution is 0.251. The molecule has 1 atom stereocenters. The highest BCUT2D eigenvalue weighted by Crippen LogP contribution is 2.50. The first kappa shape index (κ1) is 12.3. The van der Waals surface area contributed by atoms with E-state index in [0.29, 0.717) is 18.4 Å². The summed E-state index contributed by atoms with van der Waals surface area (Å²) in [5.74, 6) is 2.00. The molecule has 0 saturated carbocycles. The Bertz CT molecular complexity index is 498. The first-order valence-corrected chi connectivity index (χ1v) is 7.76. The maximum Gasteiger partial charge on any atom is 0.164 e. The van der Waals surface area contributed by atoms with E-state index in [0.717, 1.165) is 62.3 Å². The molecule has 3 aliphatic rings. The molecular weight excluding hydrogens is 254 g/mol. The predicted molar refractivity (Wildman–Crippen MR) is 75.7 cm³/mol. The Morgan fingerprint density at radius 1 is 0.950 bits per heavy atom. The van der Waals surface area contributed by atoms with Gasteiger partial charge in [0.2, 0.25) is 0 Å². The molecule has 4 rings (SSSR count). The van der Waals surface area contributed by atoms with Crippen molar-refractivity contribution in [3.05, 3.63) is 16.7 Å². The third-order valence-electron chi connectivity index (χ3n) is 4.66. The van der Waals surface area contributed by atoms with Crippen molar-refractivity contribution in [2.45, 2.75) is 44.6 Å². The van der Waals surface area contributed by atoms with Gasteiger partial charge in [-0.2, -0.15) is 0 Å². The molecule has 2 N–H and O–H groups in total. The van der Waals surface area contributed by atoms with Gasteiger partial charge in [-0.25, -0.2) is 0 Å². The molecular formula is C16H21NO3. The summed E-state index contributed by atoms with van der Waals surface area (Å²) >= 11 is 0. The topological polar surface area (TPSA) is 50.7 Å². The molecule has 20 heavy (non-hydrogen) atoms. The van der Waals surface area contributed by atoms with Crippen molar-refractivity contribution in [1.82, 2.24) is 5.32 Å². The largest absolute Gasteiger partial charge is 0.504 e. The summed E-state index contributed by atoms with van der Waals surface area (Å²) in [6.07, 6.45) is 6.20. The van der Waals surface area contributed by atoms with Crippen molar-refractivity contribution < 1.29 is 14.6 Å². The molecule has 0 radical (unpaired) electrons. The molecule has 1 saturated heterocycles. The van der Waals surface area contributed by atoms with E-state index in [1.807, 2.05) is 0 Å². The lowest BCUT2D eigenvalue weighted by atomic mass is 9.88. The molecule has 0 spiro atoms. The van der Waals surface area contributed by atoms with Crippen LogP contribution >= 0.6 is 0 Å². The van der Waals surface area contributed by atoms with E-state index in [-0.39, 0.29) is 0 Å². The highest BCUT2D eigenvalue weighted by Gasteiger charge is 2.33. The van der Waals surface area contributed by atoms with Crippen molar-refractivity contribution in [2.75, 3.05) is 19.8 Å². The second-order valence-corrected chi connectivity index (χ2v) is 5.93. The second-order valence-electron chi connectivity index (χ2n) is 5.93. The Morgan fingerprint density at radius 3 is 2.45 bits per heavy atom. The number of nitrogens with one attached hydrogen (secondary N) is 1. The monoisotopic (exact) mass is 275 g/mol. The van der Waals surface area contributed by atoms with Crippen molar-refractivity contribution in [3.8, 4) is 17.2 Å². The fourth-order valence-corrected chi connectivity index (χ4v) is 3.76. The molecule has 0 bridgehead atoms. The van der Waals surface area contributed by atoms with Gasteiger partial charge in [-0.05, 0) is 45.1 Å². The molecule has 1 unspecified atom stereocenters. The fourth-order valence-electron chi connectivity index (χ4n) is 3.76. The maximum atomic E-state index is 10.5. The van der Waals surface area contributed by atoms with Crippen LogP contribution in [0.3, 0.4) is 0 Å². The lowest BCUT2D eigenvalue weighted by Gasteiger charge is -2.31. The van der Waals surface area contributed by atoms with Crippen LogP contribution in [0.1, 0.15) is 48.4 Å². The van der Waals surface area contributed by atoms with Crippen LogP contribution in [0.5, 0.6) is 17.2 Å². The summed E-state index contributed by atoms with van der Waals surface area (Å²) in [6.45, 7) is 2.53. The predicted octanol–water partition coefficient (Wildman–Crippen LogP) is 2.47. The number of rotatable bonds is 1. The number of phenols is 1. The molecule has 0 amide bonds. The zero-order valence-electron chi connectivity index (χ0n) is 11.7. The van der Waals surface area contributed by atoms with Crippen molar-refractivity contribution in [2.24, 2.45) is 0 Å². The molecule has 4 nitrogen and oxygen atoms in total. The van der Waals surface area contributed by atoms with E-state index in [1.54, 1.807) is 0 Å². The van der Waals surface area contributed by atoms with E-state index in [9.17, 15) is 5.11 Å². The van der Waals surface area contributed by atoms with E-state index in [1.165, 1.54) is 17.5 Å². The minimum absolute atomic E-state index is 0.330. The molecule has 0 aromatic heterocycles. The second kappa shape index (κ2) is 4.85. The Kier molecular flexibility index (Phi) is 2.99. The average molecular weight is 275 g/mol. The summed E-state index contributed by atoms with van der Waals surface area (Å²) in [5, 5.41) is 14.1. The molecule has 3 aliphatic heterocycles. The minimum Gasteiger partial charge on any atom is -0.504 e. The van der Waals surface area contributed by atoms with Gasteiger partial charge >= 0.3 is 0 Å². The van der Waals surface area contributed by atoms with E-state index in [4.69, 9.17) is 9.47 Å². The number of phenolic OH excluding ortho intramolecular Hbond substituents is 1. The van der Waals surface area contributed by atoms with Crippen LogP contribution < -0.4 is 14.8 Å². The lowest BCUT2D eigenvalue weighted by Crippen LogP contribution is -2.22. The highest BCUT2D eigenvalue weighted by atomic mass is 16.5. The van der Waals surface area contributed by atoms with Crippen LogP contribution in [0.4, 0.5) is 0 Å². The van der Waals surface area contributed by atoms with Crippen LogP contribution in [0.15, 0.2) is 0 Å². The first-order chi connectivity index (χ1) is 9.86. The zero-order chi connectivity index (χ0) is 13.5. The van der Waals surface area contributed by atoms with Crippen LogP contribution in [0.2, 0.25) is 0 Å². The van der Waals surface area contributed by atoms with E-state index < -0.39 is 0 Å².